The van der Waals surface area contributed by atoms with Gasteiger partial charge in [0, 0.05) is 32.4 Å². The lowest BCUT2D eigenvalue weighted by Crippen LogP contribution is -2.42. The first kappa shape index (κ1) is 18.0. The molecular formula is C15H22N6O2S2. The highest BCUT2D eigenvalue weighted by Gasteiger charge is 2.25. The summed E-state index contributed by atoms with van der Waals surface area (Å²) >= 11 is 1.56. The smallest absolute Gasteiger partial charge is 0.223 e. The van der Waals surface area contributed by atoms with Crippen LogP contribution in [0.1, 0.15) is 18.5 Å². The van der Waals surface area contributed by atoms with E-state index in [1.165, 1.54) is 10.6 Å². The number of aryl methyl sites for hydroxylation is 1. The summed E-state index contributed by atoms with van der Waals surface area (Å²) in [5, 5.41) is 7.23. The van der Waals surface area contributed by atoms with Gasteiger partial charge in [-0.15, -0.1) is 0 Å². The van der Waals surface area contributed by atoms with E-state index in [1.54, 1.807) is 17.5 Å². The molecule has 2 aromatic rings. The molecule has 8 nitrogen and oxygen atoms in total. The van der Waals surface area contributed by atoms with Crippen LogP contribution in [-0.2, 0) is 10.0 Å². The first-order chi connectivity index (χ1) is 11.9. The van der Waals surface area contributed by atoms with Gasteiger partial charge in [0.2, 0.25) is 16.0 Å². The van der Waals surface area contributed by atoms with Gasteiger partial charge >= 0.3 is 0 Å². The number of rotatable bonds is 5. The number of piperidine rings is 1. The molecule has 0 unspecified atom stereocenters. The number of thiazole rings is 1. The van der Waals surface area contributed by atoms with Crippen molar-refractivity contribution in [2.24, 2.45) is 0 Å². The Morgan fingerprint density at radius 2 is 2.00 bits per heavy atom. The molecule has 25 heavy (non-hydrogen) atoms. The Kier molecular flexibility index (Phi) is 5.21. The van der Waals surface area contributed by atoms with Gasteiger partial charge in [-0.05, 0) is 25.8 Å². The second kappa shape index (κ2) is 7.22. The molecule has 1 fully saturated rings. The molecule has 0 radical (unpaired) electrons. The standard InChI is InChI=1S/C15H22N6O2S2/c1-10-13(24-15(16-2)18-10)12-4-7-17-14(20-12)19-11-5-8-21(9-6-11)25(3,22)23/h4,7,11H,5-6,8-9H2,1-3H3,(H,16,18)(H,17,19,20). The number of anilines is 2. The Morgan fingerprint density at radius 1 is 1.28 bits per heavy atom. The fourth-order valence-corrected chi connectivity index (χ4v) is 4.57. The van der Waals surface area contributed by atoms with E-state index in [0.29, 0.717) is 19.0 Å². The number of hydrogen-bond donors (Lipinski definition) is 2. The van der Waals surface area contributed by atoms with E-state index in [4.69, 9.17) is 0 Å². The number of nitrogens with zero attached hydrogens (tertiary/aromatic N) is 4. The summed E-state index contributed by atoms with van der Waals surface area (Å²) in [7, 11) is -1.26. The van der Waals surface area contributed by atoms with Gasteiger partial charge in [-0.1, -0.05) is 11.3 Å². The average molecular weight is 383 g/mol. The van der Waals surface area contributed by atoms with Crippen molar-refractivity contribution in [1.29, 1.82) is 0 Å². The molecule has 1 saturated heterocycles. The maximum absolute atomic E-state index is 11.6. The Hall–Kier alpha value is -1.78. The van der Waals surface area contributed by atoms with Gasteiger partial charge in [0.05, 0.1) is 22.5 Å². The molecule has 1 aliphatic rings. The van der Waals surface area contributed by atoms with E-state index in [0.717, 1.165) is 34.2 Å². The van der Waals surface area contributed by atoms with E-state index in [2.05, 4.69) is 25.6 Å². The lowest BCUT2D eigenvalue weighted by molar-refractivity contribution is 0.331. The molecule has 1 aliphatic heterocycles. The highest BCUT2D eigenvalue weighted by atomic mass is 32.2. The largest absolute Gasteiger partial charge is 0.365 e. The highest BCUT2D eigenvalue weighted by molar-refractivity contribution is 7.88. The number of hydrogen-bond acceptors (Lipinski definition) is 8. The fourth-order valence-electron chi connectivity index (χ4n) is 2.81. The minimum Gasteiger partial charge on any atom is -0.365 e. The number of nitrogens with one attached hydrogen (secondary N) is 2. The van der Waals surface area contributed by atoms with Crippen LogP contribution < -0.4 is 10.6 Å². The molecule has 0 aromatic carbocycles. The molecule has 10 heteroatoms. The maximum atomic E-state index is 11.6. The van der Waals surface area contributed by atoms with Crippen molar-refractivity contribution in [2.75, 3.05) is 37.0 Å². The van der Waals surface area contributed by atoms with E-state index < -0.39 is 10.0 Å². The van der Waals surface area contributed by atoms with Crippen molar-refractivity contribution in [3.63, 3.8) is 0 Å². The van der Waals surface area contributed by atoms with Crippen LogP contribution >= 0.6 is 11.3 Å². The third-order valence-corrected chi connectivity index (χ3v) is 6.66. The molecule has 136 valence electrons. The fraction of sp³-hybridized carbons (Fsp3) is 0.533. The van der Waals surface area contributed by atoms with Crippen molar-refractivity contribution >= 4 is 32.4 Å². The Bertz CT molecular complexity index is 843. The van der Waals surface area contributed by atoms with Crippen molar-refractivity contribution in [3.8, 4) is 10.6 Å². The summed E-state index contributed by atoms with van der Waals surface area (Å²) in [6.07, 6.45) is 4.47. The van der Waals surface area contributed by atoms with Crippen molar-refractivity contribution in [2.45, 2.75) is 25.8 Å². The lowest BCUT2D eigenvalue weighted by Gasteiger charge is -2.30. The zero-order valence-electron chi connectivity index (χ0n) is 14.5. The number of aromatic nitrogens is 3. The highest BCUT2D eigenvalue weighted by Crippen LogP contribution is 2.31. The summed E-state index contributed by atoms with van der Waals surface area (Å²) in [5.41, 5.74) is 1.77. The van der Waals surface area contributed by atoms with Gasteiger partial charge in [-0.25, -0.2) is 27.7 Å². The molecule has 0 amide bonds. The predicted octanol–water partition coefficient (Wildman–Crippen LogP) is 1.79. The van der Waals surface area contributed by atoms with Crippen LogP contribution in [0.15, 0.2) is 12.3 Å². The first-order valence-corrected chi connectivity index (χ1v) is 10.7. The van der Waals surface area contributed by atoms with Gasteiger partial charge < -0.3 is 10.6 Å². The van der Waals surface area contributed by atoms with Crippen LogP contribution in [0.4, 0.5) is 11.1 Å². The Balaban J connectivity index is 1.69. The van der Waals surface area contributed by atoms with E-state index in [1.807, 2.05) is 20.0 Å². The first-order valence-electron chi connectivity index (χ1n) is 8.07. The van der Waals surface area contributed by atoms with Gasteiger partial charge in [0.25, 0.3) is 0 Å². The van der Waals surface area contributed by atoms with E-state index >= 15 is 0 Å². The Morgan fingerprint density at radius 3 is 2.60 bits per heavy atom. The van der Waals surface area contributed by atoms with Crippen molar-refractivity contribution in [1.82, 2.24) is 19.3 Å². The molecule has 0 aliphatic carbocycles. The molecule has 0 spiro atoms. The minimum atomic E-state index is -3.11. The minimum absolute atomic E-state index is 0.170. The Labute approximate surface area is 151 Å². The topological polar surface area (TPSA) is 100 Å². The quantitative estimate of drug-likeness (QED) is 0.813. The summed E-state index contributed by atoms with van der Waals surface area (Å²) in [4.78, 5) is 14.4. The van der Waals surface area contributed by atoms with Gasteiger partial charge in [-0.2, -0.15) is 0 Å². The molecule has 2 N–H and O–H groups in total. The van der Waals surface area contributed by atoms with Gasteiger partial charge in [-0.3, -0.25) is 0 Å². The SMILES string of the molecule is CNc1nc(C)c(-c2ccnc(NC3CCN(S(C)(=O)=O)CC3)n2)s1. The molecule has 0 saturated carbocycles. The average Bonchev–Trinajstić information content (AvgIpc) is 2.96. The zero-order valence-corrected chi connectivity index (χ0v) is 16.1. The number of sulfonamides is 1. The molecule has 0 bridgehead atoms. The van der Waals surface area contributed by atoms with Crippen LogP contribution in [0, 0.1) is 6.92 Å². The molecule has 3 heterocycles. The van der Waals surface area contributed by atoms with E-state index in [9.17, 15) is 8.42 Å². The molecule has 2 aromatic heterocycles. The van der Waals surface area contributed by atoms with Crippen LogP contribution in [-0.4, -0.2) is 60.1 Å². The third kappa shape index (κ3) is 4.25. The molecule has 0 atom stereocenters. The summed E-state index contributed by atoms with van der Waals surface area (Å²) in [6.45, 7) is 3.01. The predicted molar refractivity (Wildman–Crippen MR) is 100 cm³/mol. The molecule has 3 rings (SSSR count). The molecular weight excluding hydrogens is 360 g/mol. The lowest BCUT2D eigenvalue weighted by atomic mass is 10.1. The van der Waals surface area contributed by atoms with Gasteiger partial charge in [0.15, 0.2) is 5.13 Å². The second-order valence-electron chi connectivity index (χ2n) is 6.03. The third-order valence-electron chi connectivity index (χ3n) is 4.15. The van der Waals surface area contributed by atoms with Crippen molar-refractivity contribution < 1.29 is 8.42 Å². The van der Waals surface area contributed by atoms with Crippen molar-refractivity contribution in [3.05, 3.63) is 18.0 Å². The van der Waals surface area contributed by atoms with E-state index in [-0.39, 0.29) is 6.04 Å². The zero-order chi connectivity index (χ0) is 18.0. The van der Waals surface area contributed by atoms with Crippen LogP contribution in [0.3, 0.4) is 0 Å². The van der Waals surface area contributed by atoms with Crippen LogP contribution in [0.2, 0.25) is 0 Å². The van der Waals surface area contributed by atoms with Gasteiger partial charge in [0.1, 0.15) is 0 Å². The summed E-state index contributed by atoms with van der Waals surface area (Å²) < 4.78 is 24.7. The maximum Gasteiger partial charge on any atom is 0.223 e. The normalized spacial score (nSPS) is 16.8. The monoisotopic (exact) mass is 382 g/mol. The van der Waals surface area contributed by atoms with Crippen LogP contribution in [0.5, 0.6) is 0 Å². The summed E-state index contributed by atoms with van der Waals surface area (Å²) in [5.74, 6) is 0.564. The second-order valence-corrected chi connectivity index (χ2v) is 9.01. The van der Waals surface area contributed by atoms with Crippen LogP contribution in [0.25, 0.3) is 10.6 Å². The summed E-state index contributed by atoms with van der Waals surface area (Å²) in [6, 6.07) is 2.04.